The molecular formula is C13H11BrF4N2O2. The summed E-state index contributed by atoms with van der Waals surface area (Å²) >= 11 is 2.95. The van der Waals surface area contributed by atoms with E-state index in [1.54, 1.807) is 0 Å². The Bertz CT molecular complexity index is 787. The Kier molecular flexibility index (Phi) is 4.46. The highest BCUT2D eigenvalue weighted by Crippen LogP contribution is 2.38. The maximum absolute atomic E-state index is 13.9. The molecule has 2 rings (SSSR count). The van der Waals surface area contributed by atoms with Gasteiger partial charge in [0.15, 0.2) is 0 Å². The van der Waals surface area contributed by atoms with Crippen LogP contribution >= 0.6 is 15.9 Å². The van der Waals surface area contributed by atoms with Crippen LogP contribution in [0.5, 0.6) is 0 Å². The van der Waals surface area contributed by atoms with Crippen molar-refractivity contribution in [3.63, 3.8) is 0 Å². The molecule has 0 amide bonds. The molecular weight excluding hydrogens is 372 g/mol. The first-order valence-corrected chi connectivity index (χ1v) is 7.06. The molecule has 0 aromatic carbocycles. The van der Waals surface area contributed by atoms with Crippen molar-refractivity contribution in [2.45, 2.75) is 32.5 Å². The summed E-state index contributed by atoms with van der Waals surface area (Å²) in [6.45, 7) is 0.788. The monoisotopic (exact) mass is 382 g/mol. The van der Waals surface area contributed by atoms with Crippen LogP contribution in [0.25, 0.3) is 0 Å². The zero-order chi connectivity index (χ0) is 16.7. The van der Waals surface area contributed by atoms with E-state index < -0.39 is 40.9 Å². The lowest BCUT2D eigenvalue weighted by atomic mass is 9.96. The summed E-state index contributed by atoms with van der Waals surface area (Å²) in [5.41, 5.74) is -3.02. The standard InChI is InChI=1S/C13H11BrF4N2O2/c1-6-10(14)11(21)19-12(22)20(6)5-7-8(13(16,17)18)3-2-4-9(7)15/h4H,2-3,5H2,1H3,(H,19,21,22). The Morgan fingerprint density at radius 2 is 2.00 bits per heavy atom. The number of nitrogens with zero attached hydrogens (tertiary/aromatic N) is 1. The quantitative estimate of drug-likeness (QED) is 0.799. The van der Waals surface area contributed by atoms with Gasteiger partial charge in [-0.15, -0.1) is 0 Å². The van der Waals surface area contributed by atoms with Crippen molar-refractivity contribution in [3.05, 3.63) is 54.1 Å². The summed E-state index contributed by atoms with van der Waals surface area (Å²) < 4.78 is 53.8. The number of aromatic amines is 1. The van der Waals surface area contributed by atoms with Crippen molar-refractivity contribution in [2.75, 3.05) is 0 Å². The molecule has 0 saturated carbocycles. The van der Waals surface area contributed by atoms with Gasteiger partial charge in [0.1, 0.15) is 10.3 Å². The average molecular weight is 383 g/mol. The van der Waals surface area contributed by atoms with E-state index in [-0.39, 0.29) is 23.0 Å². The van der Waals surface area contributed by atoms with E-state index >= 15 is 0 Å². The minimum atomic E-state index is -4.67. The van der Waals surface area contributed by atoms with Crippen molar-refractivity contribution < 1.29 is 17.6 Å². The number of hydrogen-bond acceptors (Lipinski definition) is 2. The van der Waals surface area contributed by atoms with Gasteiger partial charge in [0.05, 0.1) is 6.54 Å². The number of halogens is 5. The van der Waals surface area contributed by atoms with Crippen molar-refractivity contribution in [3.8, 4) is 0 Å². The molecule has 22 heavy (non-hydrogen) atoms. The van der Waals surface area contributed by atoms with E-state index in [2.05, 4.69) is 15.9 Å². The molecule has 0 bridgehead atoms. The highest BCUT2D eigenvalue weighted by Gasteiger charge is 2.38. The lowest BCUT2D eigenvalue weighted by Crippen LogP contribution is -2.33. The Morgan fingerprint density at radius 1 is 1.36 bits per heavy atom. The predicted octanol–water partition coefficient (Wildman–Crippen LogP) is 3.11. The van der Waals surface area contributed by atoms with Gasteiger partial charge in [-0.05, 0) is 41.8 Å². The van der Waals surface area contributed by atoms with Crippen molar-refractivity contribution >= 4 is 15.9 Å². The fourth-order valence-electron chi connectivity index (χ4n) is 2.25. The molecule has 0 fully saturated rings. The van der Waals surface area contributed by atoms with E-state index in [1.165, 1.54) is 6.92 Å². The Morgan fingerprint density at radius 3 is 2.59 bits per heavy atom. The molecule has 1 aromatic heterocycles. The smallest absolute Gasteiger partial charge is 0.292 e. The summed E-state index contributed by atoms with van der Waals surface area (Å²) in [4.78, 5) is 25.2. The second-order valence-corrected chi connectivity index (χ2v) is 5.58. The molecule has 1 N–H and O–H groups in total. The molecule has 1 aliphatic carbocycles. The zero-order valence-corrected chi connectivity index (χ0v) is 12.9. The molecule has 0 atom stereocenters. The van der Waals surface area contributed by atoms with Gasteiger partial charge in [-0.3, -0.25) is 14.3 Å². The van der Waals surface area contributed by atoms with Crippen molar-refractivity contribution in [1.82, 2.24) is 9.55 Å². The van der Waals surface area contributed by atoms with Crippen molar-refractivity contribution in [1.29, 1.82) is 0 Å². The molecule has 1 heterocycles. The molecule has 9 heteroatoms. The molecule has 1 aliphatic rings. The van der Waals surface area contributed by atoms with Gasteiger partial charge >= 0.3 is 11.9 Å². The Balaban J connectivity index is 2.60. The molecule has 0 spiro atoms. The Hall–Kier alpha value is -1.64. The zero-order valence-electron chi connectivity index (χ0n) is 11.4. The molecule has 120 valence electrons. The number of hydrogen-bond donors (Lipinski definition) is 1. The molecule has 0 saturated heterocycles. The van der Waals surface area contributed by atoms with E-state index in [9.17, 15) is 27.2 Å². The number of aromatic nitrogens is 2. The Labute approximate surface area is 130 Å². The lowest BCUT2D eigenvalue weighted by molar-refractivity contribution is -0.0952. The first-order chi connectivity index (χ1) is 10.1. The van der Waals surface area contributed by atoms with Crippen LogP contribution in [-0.2, 0) is 6.54 Å². The largest absolute Gasteiger partial charge is 0.413 e. The third-order valence-corrected chi connectivity index (χ3v) is 4.35. The van der Waals surface area contributed by atoms with Crippen LogP contribution in [0.15, 0.2) is 37.1 Å². The van der Waals surface area contributed by atoms with Gasteiger partial charge < -0.3 is 0 Å². The van der Waals surface area contributed by atoms with E-state index in [4.69, 9.17) is 0 Å². The van der Waals surface area contributed by atoms with Crippen LogP contribution < -0.4 is 11.2 Å². The minimum absolute atomic E-state index is 0.0152. The van der Waals surface area contributed by atoms with Crippen LogP contribution in [0, 0.1) is 6.92 Å². The fourth-order valence-corrected chi connectivity index (χ4v) is 2.56. The number of nitrogens with one attached hydrogen (secondary N) is 1. The molecule has 1 aromatic rings. The van der Waals surface area contributed by atoms with Gasteiger partial charge in [-0.2, -0.15) is 13.2 Å². The van der Waals surface area contributed by atoms with Crippen molar-refractivity contribution in [2.24, 2.45) is 0 Å². The van der Waals surface area contributed by atoms with E-state index in [0.29, 0.717) is 0 Å². The second-order valence-electron chi connectivity index (χ2n) is 4.79. The van der Waals surface area contributed by atoms with Gasteiger partial charge in [0.2, 0.25) is 0 Å². The summed E-state index contributed by atoms with van der Waals surface area (Å²) in [6, 6.07) is 0. The van der Waals surface area contributed by atoms with Gasteiger partial charge in [0.25, 0.3) is 5.56 Å². The minimum Gasteiger partial charge on any atom is -0.292 e. The molecule has 0 unspecified atom stereocenters. The van der Waals surface area contributed by atoms with Crippen LogP contribution in [0.4, 0.5) is 17.6 Å². The van der Waals surface area contributed by atoms with E-state index in [0.717, 1.165) is 10.6 Å². The second kappa shape index (κ2) is 5.86. The number of rotatable bonds is 2. The predicted molar refractivity (Wildman–Crippen MR) is 75.3 cm³/mol. The molecule has 4 nitrogen and oxygen atoms in total. The first kappa shape index (κ1) is 16.7. The average Bonchev–Trinajstić information content (AvgIpc) is 2.41. The summed E-state index contributed by atoms with van der Waals surface area (Å²) in [7, 11) is 0. The maximum atomic E-state index is 13.9. The first-order valence-electron chi connectivity index (χ1n) is 6.27. The normalized spacial score (nSPS) is 16.0. The third kappa shape index (κ3) is 3.08. The SMILES string of the molecule is Cc1c(Br)c(=O)[nH]c(=O)n1CC1=C(C(F)(F)F)CCC=C1F. The van der Waals surface area contributed by atoms with E-state index in [1.807, 2.05) is 4.98 Å². The fraction of sp³-hybridized carbons (Fsp3) is 0.385. The van der Waals surface area contributed by atoms with Crippen LogP contribution in [0.3, 0.4) is 0 Å². The van der Waals surface area contributed by atoms with Gasteiger partial charge in [-0.1, -0.05) is 0 Å². The number of allylic oxidation sites excluding steroid dienone is 4. The number of alkyl halides is 3. The number of H-pyrrole nitrogens is 1. The molecule has 0 radical (unpaired) electrons. The summed E-state index contributed by atoms with van der Waals surface area (Å²) in [5, 5.41) is 0. The summed E-state index contributed by atoms with van der Waals surface area (Å²) in [6.07, 6.45) is -4.00. The van der Waals surface area contributed by atoms with Crippen LogP contribution in [0.2, 0.25) is 0 Å². The third-order valence-electron chi connectivity index (χ3n) is 3.42. The topological polar surface area (TPSA) is 54.9 Å². The highest BCUT2D eigenvalue weighted by atomic mass is 79.9. The molecule has 0 aliphatic heterocycles. The highest BCUT2D eigenvalue weighted by molar-refractivity contribution is 9.10. The summed E-state index contributed by atoms with van der Waals surface area (Å²) in [5.74, 6) is -0.993. The maximum Gasteiger partial charge on any atom is 0.413 e. The lowest BCUT2D eigenvalue weighted by Gasteiger charge is -2.21. The van der Waals surface area contributed by atoms with Crippen LogP contribution in [-0.4, -0.2) is 15.7 Å². The van der Waals surface area contributed by atoms with Gasteiger partial charge in [0, 0.05) is 16.8 Å². The van der Waals surface area contributed by atoms with Crippen LogP contribution in [0.1, 0.15) is 18.5 Å². The van der Waals surface area contributed by atoms with Gasteiger partial charge in [-0.25, -0.2) is 9.18 Å².